The lowest BCUT2D eigenvalue weighted by atomic mass is 10.0. The van der Waals surface area contributed by atoms with Gasteiger partial charge in [-0.05, 0) is 23.6 Å². The summed E-state index contributed by atoms with van der Waals surface area (Å²) in [4.78, 5) is 2.57. The maximum absolute atomic E-state index is 5.82. The second-order valence-electron chi connectivity index (χ2n) is 6.92. The van der Waals surface area contributed by atoms with Crippen LogP contribution >= 0.6 is 0 Å². The molecule has 2 aromatic carbocycles. The summed E-state index contributed by atoms with van der Waals surface area (Å²) in [6.45, 7) is 4.87. The van der Waals surface area contributed by atoms with Crippen LogP contribution < -0.4 is 0 Å². The number of aryl methyl sites for hydroxylation is 1. The summed E-state index contributed by atoms with van der Waals surface area (Å²) in [5.74, 6) is 0. The van der Waals surface area contributed by atoms with E-state index in [1.807, 2.05) is 6.07 Å². The van der Waals surface area contributed by atoms with Gasteiger partial charge >= 0.3 is 0 Å². The molecule has 0 fully saturated rings. The van der Waals surface area contributed by atoms with Gasteiger partial charge in [-0.2, -0.15) is 0 Å². The zero-order valence-electron chi connectivity index (χ0n) is 14.9. The maximum atomic E-state index is 5.82. The zero-order valence-corrected chi connectivity index (χ0v) is 14.9. The number of nitrogens with zero attached hydrogens (tertiary/aromatic N) is 2. The van der Waals surface area contributed by atoms with E-state index in [1.165, 1.54) is 27.7 Å². The smallest absolute Gasteiger partial charge is 0.0716 e. The van der Waals surface area contributed by atoms with Crippen molar-refractivity contribution in [2.75, 3.05) is 19.7 Å². The fraction of sp³-hybridized carbons (Fsp3) is 0.364. The van der Waals surface area contributed by atoms with Gasteiger partial charge in [0.15, 0.2) is 0 Å². The van der Waals surface area contributed by atoms with Crippen molar-refractivity contribution in [2.24, 2.45) is 7.05 Å². The molecule has 0 N–H and O–H groups in total. The summed E-state index contributed by atoms with van der Waals surface area (Å²) in [6.07, 6.45) is 2.23. The molecule has 0 spiro atoms. The lowest BCUT2D eigenvalue weighted by Crippen LogP contribution is -2.32. The van der Waals surface area contributed by atoms with Crippen molar-refractivity contribution in [2.45, 2.75) is 26.0 Å². The first kappa shape index (κ1) is 16.4. The van der Waals surface area contributed by atoms with Crippen LogP contribution in [0.25, 0.3) is 10.9 Å². The monoisotopic (exact) mass is 334 g/mol. The van der Waals surface area contributed by atoms with Gasteiger partial charge in [-0.3, -0.25) is 4.90 Å². The molecule has 0 radical (unpaired) electrons. The Balaban J connectivity index is 1.30. The Labute approximate surface area is 149 Å². The van der Waals surface area contributed by atoms with Gasteiger partial charge in [0.2, 0.25) is 0 Å². The standard InChI is InChI=1S/C22H26N2O/c1-23-21-11-6-5-10-19(21)20-16-24(14-12-22(20)23)13-7-15-25-17-18-8-3-2-4-9-18/h2-6,8-11H,7,12-17H2,1H3. The van der Waals surface area contributed by atoms with E-state index in [0.29, 0.717) is 6.61 Å². The van der Waals surface area contributed by atoms with Crippen molar-refractivity contribution in [1.82, 2.24) is 9.47 Å². The fourth-order valence-electron chi connectivity index (χ4n) is 3.93. The van der Waals surface area contributed by atoms with Crippen LogP contribution in [0.1, 0.15) is 23.2 Å². The number of hydrogen-bond donors (Lipinski definition) is 0. The highest BCUT2D eigenvalue weighted by Crippen LogP contribution is 2.29. The van der Waals surface area contributed by atoms with Gasteiger partial charge in [0, 0.05) is 56.3 Å². The Morgan fingerprint density at radius 1 is 1.00 bits per heavy atom. The van der Waals surface area contributed by atoms with E-state index < -0.39 is 0 Å². The predicted molar refractivity (Wildman–Crippen MR) is 103 cm³/mol. The molecule has 130 valence electrons. The molecule has 0 atom stereocenters. The van der Waals surface area contributed by atoms with E-state index in [2.05, 4.69) is 65.0 Å². The molecule has 2 heterocycles. The summed E-state index contributed by atoms with van der Waals surface area (Å²) in [5, 5.41) is 1.42. The Kier molecular flexibility index (Phi) is 4.86. The van der Waals surface area contributed by atoms with E-state index in [4.69, 9.17) is 4.74 Å². The minimum Gasteiger partial charge on any atom is -0.377 e. The van der Waals surface area contributed by atoms with Gasteiger partial charge in [0.05, 0.1) is 6.61 Å². The normalized spacial score (nSPS) is 14.8. The second-order valence-corrected chi connectivity index (χ2v) is 6.92. The van der Waals surface area contributed by atoms with Crippen molar-refractivity contribution in [1.29, 1.82) is 0 Å². The molecule has 0 bridgehead atoms. The summed E-state index contributed by atoms with van der Waals surface area (Å²) in [5.41, 5.74) is 5.65. The topological polar surface area (TPSA) is 17.4 Å². The molecule has 25 heavy (non-hydrogen) atoms. The molecule has 3 nitrogen and oxygen atoms in total. The van der Waals surface area contributed by atoms with Gasteiger partial charge in [-0.15, -0.1) is 0 Å². The predicted octanol–water partition coefficient (Wildman–Crippen LogP) is 4.14. The van der Waals surface area contributed by atoms with Crippen molar-refractivity contribution in [3.05, 3.63) is 71.4 Å². The first-order valence-electron chi connectivity index (χ1n) is 9.22. The fourth-order valence-corrected chi connectivity index (χ4v) is 3.93. The molecule has 0 aliphatic carbocycles. The Morgan fingerprint density at radius 3 is 2.68 bits per heavy atom. The minimum atomic E-state index is 0.717. The van der Waals surface area contributed by atoms with Crippen LogP contribution in [0.2, 0.25) is 0 Å². The molecule has 4 rings (SSSR count). The Morgan fingerprint density at radius 2 is 1.80 bits per heavy atom. The SMILES string of the molecule is Cn1c2c(c3ccccc31)CN(CCCOCc1ccccc1)CC2. The second kappa shape index (κ2) is 7.42. The molecular formula is C22H26N2O. The van der Waals surface area contributed by atoms with Gasteiger partial charge in [0.1, 0.15) is 0 Å². The van der Waals surface area contributed by atoms with Crippen LogP contribution in [0.5, 0.6) is 0 Å². The van der Waals surface area contributed by atoms with Crippen LogP contribution in [0.15, 0.2) is 54.6 Å². The van der Waals surface area contributed by atoms with Crippen LogP contribution in [-0.2, 0) is 31.4 Å². The highest BCUT2D eigenvalue weighted by molar-refractivity contribution is 5.85. The summed E-state index contributed by atoms with van der Waals surface area (Å²) in [6, 6.07) is 19.2. The maximum Gasteiger partial charge on any atom is 0.0716 e. The summed E-state index contributed by atoms with van der Waals surface area (Å²) in [7, 11) is 2.20. The number of hydrogen-bond acceptors (Lipinski definition) is 2. The number of para-hydroxylation sites is 1. The molecule has 0 saturated carbocycles. The minimum absolute atomic E-state index is 0.717. The van der Waals surface area contributed by atoms with Gasteiger partial charge in [-0.1, -0.05) is 48.5 Å². The molecule has 1 aliphatic rings. The van der Waals surface area contributed by atoms with Crippen LogP contribution in [0.3, 0.4) is 0 Å². The zero-order chi connectivity index (χ0) is 17.1. The quantitative estimate of drug-likeness (QED) is 0.630. The Hall–Kier alpha value is -2.10. The van der Waals surface area contributed by atoms with Crippen LogP contribution in [-0.4, -0.2) is 29.2 Å². The number of ether oxygens (including phenoxy) is 1. The van der Waals surface area contributed by atoms with Gasteiger partial charge in [-0.25, -0.2) is 0 Å². The average Bonchev–Trinajstić information content (AvgIpc) is 2.95. The number of rotatable bonds is 6. The number of aromatic nitrogens is 1. The molecule has 1 aliphatic heterocycles. The highest BCUT2D eigenvalue weighted by atomic mass is 16.5. The number of benzene rings is 2. The largest absolute Gasteiger partial charge is 0.377 e. The molecule has 0 amide bonds. The van der Waals surface area contributed by atoms with Crippen molar-refractivity contribution in [3.63, 3.8) is 0 Å². The first-order chi connectivity index (χ1) is 12.3. The first-order valence-corrected chi connectivity index (χ1v) is 9.22. The molecule has 3 aromatic rings. The van der Waals surface area contributed by atoms with Gasteiger partial charge < -0.3 is 9.30 Å². The third-order valence-corrected chi connectivity index (χ3v) is 5.26. The van der Waals surface area contributed by atoms with Crippen molar-refractivity contribution in [3.8, 4) is 0 Å². The van der Waals surface area contributed by atoms with Crippen LogP contribution in [0.4, 0.5) is 0 Å². The van der Waals surface area contributed by atoms with E-state index >= 15 is 0 Å². The van der Waals surface area contributed by atoms with Gasteiger partial charge in [0.25, 0.3) is 0 Å². The highest BCUT2D eigenvalue weighted by Gasteiger charge is 2.22. The molecule has 0 unspecified atom stereocenters. The Bertz CT molecular complexity index is 838. The average molecular weight is 334 g/mol. The van der Waals surface area contributed by atoms with Crippen molar-refractivity contribution >= 4 is 10.9 Å². The lowest BCUT2D eigenvalue weighted by Gasteiger charge is -2.27. The van der Waals surface area contributed by atoms with Crippen LogP contribution in [0, 0.1) is 0 Å². The molecular weight excluding hydrogens is 308 g/mol. The van der Waals surface area contributed by atoms with E-state index in [0.717, 1.165) is 39.1 Å². The third kappa shape index (κ3) is 3.48. The summed E-state index contributed by atoms with van der Waals surface area (Å²) >= 11 is 0. The van der Waals surface area contributed by atoms with E-state index in [1.54, 1.807) is 0 Å². The lowest BCUT2D eigenvalue weighted by molar-refractivity contribution is 0.106. The van der Waals surface area contributed by atoms with E-state index in [-0.39, 0.29) is 0 Å². The van der Waals surface area contributed by atoms with Crippen molar-refractivity contribution < 1.29 is 4.74 Å². The van der Waals surface area contributed by atoms with E-state index in [9.17, 15) is 0 Å². The molecule has 0 saturated heterocycles. The summed E-state index contributed by atoms with van der Waals surface area (Å²) < 4.78 is 8.20. The third-order valence-electron chi connectivity index (χ3n) is 5.26. The number of fused-ring (bicyclic) bond motifs is 3. The molecule has 1 aromatic heterocycles. The molecule has 3 heteroatoms.